The number of carbonyl (C=O) groups is 3. The summed E-state index contributed by atoms with van der Waals surface area (Å²) in [6, 6.07) is 19.7. The fraction of sp³-hybridized carbons (Fsp3) is 0.179. The largest absolute Gasteiger partial charge is 0.477 e. The molecule has 4 aromatic rings. The Balaban J connectivity index is 1.22. The molecule has 2 aliphatic heterocycles. The Morgan fingerprint density at radius 3 is 2.50 bits per heavy atom. The Morgan fingerprint density at radius 1 is 1.03 bits per heavy atom. The number of fused-ring (bicyclic) bond motifs is 4. The molecular weight excluding hydrogens is 524 g/mol. The predicted molar refractivity (Wildman–Crippen MR) is 145 cm³/mol. The van der Waals surface area contributed by atoms with Gasteiger partial charge in [-0.2, -0.15) is 0 Å². The molecule has 0 saturated carbocycles. The summed E-state index contributed by atoms with van der Waals surface area (Å²) in [5.41, 5.74) is 2.87. The first-order chi connectivity index (χ1) is 18.4. The molecule has 2 atom stereocenters. The van der Waals surface area contributed by atoms with Gasteiger partial charge in [-0.3, -0.25) is 14.5 Å². The first kappa shape index (κ1) is 24.6. The summed E-state index contributed by atoms with van der Waals surface area (Å²) in [4.78, 5) is 40.4. The molecule has 3 aromatic carbocycles. The minimum absolute atomic E-state index is 0.0467. The number of aliphatic carboxylic acids is 1. The van der Waals surface area contributed by atoms with Gasteiger partial charge in [0.1, 0.15) is 28.3 Å². The minimum Gasteiger partial charge on any atom is -0.477 e. The van der Waals surface area contributed by atoms with Crippen LogP contribution in [-0.4, -0.2) is 50.1 Å². The minimum atomic E-state index is -1.18. The van der Waals surface area contributed by atoms with Crippen LogP contribution in [0.25, 0.3) is 21.9 Å². The SMILES string of the molecule is O=C(Cc1ccccc1)N[C@@H]1C(=O)N2C(C(=O)O)=C(Sc3ccc4c(c3)oc3cc(CO)ccc34)CS[C@H]12. The summed E-state index contributed by atoms with van der Waals surface area (Å²) in [5, 5.41) is 23.6. The van der Waals surface area contributed by atoms with Crippen molar-refractivity contribution < 1.29 is 29.0 Å². The summed E-state index contributed by atoms with van der Waals surface area (Å²) in [6.45, 7) is -0.0777. The van der Waals surface area contributed by atoms with E-state index in [1.807, 2.05) is 60.7 Å². The number of benzene rings is 3. The molecule has 1 aromatic heterocycles. The molecule has 0 spiro atoms. The van der Waals surface area contributed by atoms with Crippen LogP contribution in [0, 0.1) is 0 Å². The van der Waals surface area contributed by atoms with Gasteiger partial charge in [0.2, 0.25) is 5.91 Å². The molecule has 0 radical (unpaired) electrons. The Kier molecular flexibility index (Phi) is 6.38. The van der Waals surface area contributed by atoms with E-state index in [0.717, 1.165) is 26.8 Å². The quantitative estimate of drug-likeness (QED) is 0.296. The number of β-lactam (4-membered cyclic amide) rings is 1. The van der Waals surface area contributed by atoms with Gasteiger partial charge in [0.05, 0.1) is 13.0 Å². The fourth-order valence-electron chi connectivity index (χ4n) is 4.78. The van der Waals surface area contributed by atoms with E-state index in [9.17, 15) is 24.6 Å². The van der Waals surface area contributed by atoms with Crippen LogP contribution in [0.2, 0.25) is 0 Å². The van der Waals surface area contributed by atoms with Crippen molar-refractivity contribution in [1.29, 1.82) is 0 Å². The summed E-state index contributed by atoms with van der Waals surface area (Å²) < 4.78 is 5.99. The maximum Gasteiger partial charge on any atom is 0.353 e. The van der Waals surface area contributed by atoms with Gasteiger partial charge >= 0.3 is 5.97 Å². The van der Waals surface area contributed by atoms with E-state index >= 15 is 0 Å². The highest BCUT2D eigenvalue weighted by molar-refractivity contribution is 8.06. The van der Waals surface area contributed by atoms with Crippen LogP contribution < -0.4 is 5.32 Å². The average Bonchev–Trinajstić information content (AvgIpc) is 3.28. The molecule has 1 saturated heterocycles. The second-order valence-electron chi connectivity index (χ2n) is 9.05. The van der Waals surface area contributed by atoms with Crippen LogP contribution in [0.5, 0.6) is 0 Å². The number of thioether (sulfide) groups is 2. The number of nitrogens with zero attached hydrogens (tertiary/aromatic N) is 1. The monoisotopic (exact) mass is 546 g/mol. The Hall–Kier alpha value is -3.73. The lowest BCUT2D eigenvalue weighted by atomic mass is 10.0. The van der Waals surface area contributed by atoms with E-state index in [1.54, 1.807) is 6.07 Å². The summed E-state index contributed by atoms with van der Waals surface area (Å²) in [6.07, 6.45) is 0.149. The van der Waals surface area contributed by atoms with E-state index < -0.39 is 23.3 Å². The van der Waals surface area contributed by atoms with Gasteiger partial charge in [-0.25, -0.2) is 4.79 Å². The first-order valence-corrected chi connectivity index (χ1v) is 13.8. The zero-order chi connectivity index (χ0) is 26.4. The van der Waals surface area contributed by atoms with Crippen molar-refractivity contribution in [3.63, 3.8) is 0 Å². The Morgan fingerprint density at radius 2 is 1.76 bits per heavy atom. The topological polar surface area (TPSA) is 120 Å². The molecule has 38 heavy (non-hydrogen) atoms. The van der Waals surface area contributed by atoms with Crippen LogP contribution in [0.1, 0.15) is 11.1 Å². The number of aliphatic hydroxyl groups is 1. The number of amides is 2. The molecule has 192 valence electrons. The highest BCUT2D eigenvalue weighted by Crippen LogP contribution is 2.45. The molecule has 0 aliphatic carbocycles. The normalized spacial score (nSPS) is 19.0. The molecule has 0 unspecified atom stereocenters. The molecule has 2 aliphatic rings. The van der Waals surface area contributed by atoms with Crippen molar-refractivity contribution in [1.82, 2.24) is 10.2 Å². The zero-order valence-corrected chi connectivity index (χ0v) is 21.6. The molecule has 6 rings (SSSR count). The smallest absolute Gasteiger partial charge is 0.353 e. The van der Waals surface area contributed by atoms with Crippen LogP contribution in [0.4, 0.5) is 0 Å². The van der Waals surface area contributed by atoms with Crippen LogP contribution in [0.3, 0.4) is 0 Å². The fourth-order valence-corrected chi connectivity index (χ4v) is 7.28. The average molecular weight is 547 g/mol. The lowest BCUT2D eigenvalue weighted by Crippen LogP contribution is -2.70. The second kappa shape index (κ2) is 9.86. The third-order valence-corrected chi connectivity index (χ3v) is 9.13. The van der Waals surface area contributed by atoms with E-state index in [2.05, 4.69) is 5.32 Å². The van der Waals surface area contributed by atoms with Gasteiger partial charge in [0.25, 0.3) is 5.91 Å². The maximum atomic E-state index is 13.0. The van der Waals surface area contributed by atoms with Crippen molar-refractivity contribution in [3.8, 4) is 0 Å². The number of carbonyl (C=O) groups excluding carboxylic acids is 2. The standard InChI is InChI=1S/C28H22N2O6S2/c31-13-16-6-8-18-19-9-7-17(12-21(19)36-20(18)10-16)38-22-14-37-27-24(26(33)30(27)25(22)28(34)35)29-23(32)11-15-4-2-1-3-5-15/h1-10,12,24,27,31H,11,13-14H2,(H,29,32)(H,34,35)/t24-,27-/m1/s1. The molecule has 8 nitrogen and oxygen atoms in total. The number of nitrogens with one attached hydrogen (secondary N) is 1. The molecule has 0 bridgehead atoms. The van der Waals surface area contributed by atoms with E-state index in [1.165, 1.54) is 28.4 Å². The summed E-state index contributed by atoms with van der Waals surface area (Å²) in [5.74, 6) is -1.49. The Bertz CT molecular complexity index is 1630. The highest BCUT2D eigenvalue weighted by atomic mass is 32.2. The molecular formula is C28H22N2O6S2. The van der Waals surface area contributed by atoms with Crippen molar-refractivity contribution >= 4 is 63.2 Å². The molecule has 3 heterocycles. The Labute approximate surface area is 225 Å². The van der Waals surface area contributed by atoms with Crippen LogP contribution in [-0.2, 0) is 27.4 Å². The molecule has 2 amide bonds. The number of furan rings is 1. The zero-order valence-electron chi connectivity index (χ0n) is 19.9. The van der Waals surface area contributed by atoms with Crippen molar-refractivity contribution in [2.45, 2.75) is 29.3 Å². The summed E-state index contributed by atoms with van der Waals surface area (Å²) in [7, 11) is 0. The molecule has 3 N–H and O–H groups in total. The van der Waals surface area contributed by atoms with E-state index in [-0.39, 0.29) is 24.6 Å². The van der Waals surface area contributed by atoms with E-state index in [4.69, 9.17) is 4.42 Å². The van der Waals surface area contributed by atoms with Crippen LogP contribution >= 0.6 is 23.5 Å². The second-order valence-corrected chi connectivity index (χ2v) is 11.3. The first-order valence-electron chi connectivity index (χ1n) is 11.9. The maximum absolute atomic E-state index is 13.0. The van der Waals surface area contributed by atoms with Gasteiger partial charge in [0.15, 0.2) is 0 Å². The number of rotatable bonds is 7. The lowest BCUT2D eigenvalue weighted by molar-refractivity contribution is -0.150. The third kappa shape index (κ3) is 4.34. The van der Waals surface area contributed by atoms with Crippen LogP contribution in [0.15, 0.2) is 86.6 Å². The number of aliphatic hydroxyl groups excluding tert-OH is 1. The number of carboxylic acids is 1. The number of hydrogen-bond donors (Lipinski definition) is 3. The van der Waals surface area contributed by atoms with E-state index in [0.29, 0.717) is 21.8 Å². The number of hydrogen-bond acceptors (Lipinski definition) is 7. The highest BCUT2D eigenvalue weighted by Gasteiger charge is 2.54. The lowest BCUT2D eigenvalue weighted by Gasteiger charge is -2.49. The molecule has 10 heteroatoms. The molecule has 1 fully saturated rings. The van der Waals surface area contributed by atoms with Gasteiger partial charge < -0.3 is 19.9 Å². The van der Waals surface area contributed by atoms with Crippen molar-refractivity contribution in [2.24, 2.45) is 0 Å². The van der Waals surface area contributed by atoms with Crippen molar-refractivity contribution in [2.75, 3.05) is 5.75 Å². The van der Waals surface area contributed by atoms with Gasteiger partial charge in [-0.15, -0.1) is 11.8 Å². The van der Waals surface area contributed by atoms with Gasteiger partial charge in [-0.1, -0.05) is 54.2 Å². The number of carboxylic acid groups (broad SMARTS) is 1. The van der Waals surface area contributed by atoms with Crippen molar-refractivity contribution in [3.05, 3.63) is 88.5 Å². The third-order valence-electron chi connectivity index (χ3n) is 6.59. The summed E-state index contributed by atoms with van der Waals surface area (Å²) >= 11 is 2.72. The van der Waals surface area contributed by atoms with Gasteiger partial charge in [-0.05, 0) is 35.4 Å². The predicted octanol–water partition coefficient (Wildman–Crippen LogP) is 4.11. The van der Waals surface area contributed by atoms with Gasteiger partial charge in [0, 0.05) is 26.3 Å².